The monoisotopic (exact) mass is 260 g/mol. The summed E-state index contributed by atoms with van der Waals surface area (Å²) < 4.78 is 0. The third-order valence-corrected chi connectivity index (χ3v) is 4.62. The van der Waals surface area contributed by atoms with Crippen molar-refractivity contribution >= 4 is 6.09 Å². The number of nitrogens with one attached hydrogen (secondary N) is 2. The maximum absolute atomic E-state index is 10.8. The van der Waals surface area contributed by atoms with Gasteiger partial charge in [0, 0.05) is 18.6 Å². The van der Waals surface area contributed by atoms with Gasteiger partial charge in [-0.1, -0.05) is 30.3 Å². The van der Waals surface area contributed by atoms with Crippen LogP contribution in [-0.2, 0) is 6.42 Å². The van der Waals surface area contributed by atoms with Crippen molar-refractivity contribution in [1.29, 1.82) is 0 Å². The molecule has 4 heteroatoms. The molecule has 4 atom stereocenters. The van der Waals surface area contributed by atoms with E-state index in [-0.39, 0.29) is 6.04 Å². The zero-order valence-corrected chi connectivity index (χ0v) is 10.9. The molecule has 19 heavy (non-hydrogen) atoms. The number of fused-ring (bicyclic) bond motifs is 1. The van der Waals surface area contributed by atoms with E-state index in [1.807, 2.05) is 6.07 Å². The van der Waals surface area contributed by atoms with Gasteiger partial charge in [0.25, 0.3) is 0 Å². The molecule has 102 valence electrons. The Morgan fingerprint density at radius 1 is 1.26 bits per heavy atom. The van der Waals surface area contributed by atoms with Gasteiger partial charge in [-0.3, -0.25) is 0 Å². The van der Waals surface area contributed by atoms with Crippen LogP contribution in [0.5, 0.6) is 0 Å². The first-order valence-corrected chi connectivity index (χ1v) is 7.01. The highest BCUT2D eigenvalue weighted by atomic mass is 16.4. The highest BCUT2D eigenvalue weighted by molar-refractivity contribution is 5.65. The van der Waals surface area contributed by atoms with Crippen LogP contribution < -0.4 is 10.6 Å². The minimum Gasteiger partial charge on any atom is -0.465 e. The molecule has 2 aliphatic rings. The fourth-order valence-corrected chi connectivity index (χ4v) is 3.76. The molecule has 1 aromatic rings. The second kappa shape index (κ2) is 5.21. The number of hydrogen-bond acceptors (Lipinski definition) is 2. The molecule has 3 N–H and O–H groups in total. The lowest BCUT2D eigenvalue weighted by atomic mass is 9.89. The summed E-state index contributed by atoms with van der Waals surface area (Å²) in [6.07, 6.45) is 2.26. The first-order chi connectivity index (χ1) is 9.24. The van der Waals surface area contributed by atoms with Gasteiger partial charge in [0.2, 0.25) is 0 Å². The van der Waals surface area contributed by atoms with Gasteiger partial charge in [0.05, 0.1) is 0 Å². The summed E-state index contributed by atoms with van der Waals surface area (Å²) in [5.41, 5.74) is 1.36. The molecule has 2 fully saturated rings. The van der Waals surface area contributed by atoms with Gasteiger partial charge in [-0.05, 0) is 36.7 Å². The third-order valence-electron chi connectivity index (χ3n) is 4.62. The maximum atomic E-state index is 10.8. The lowest BCUT2D eigenvalue weighted by Crippen LogP contribution is -2.38. The number of carboxylic acid groups (broad SMARTS) is 1. The zero-order valence-electron chi connectivity index (χ0n) is 10.9. The molecule has 1 saturated carbocycles. The highest BCUT2D eigenvalue weighted by Crippen LogP contribution is 2.39. The Balaban J connectivity index is 1.63. The summed E-state index contributed by atoms with van der Waals surface area (Å²) in [4.78, 5) is 10.8. The highest BCUT2D eigenvalue weighted by Gasteiger charge is 2.44. The molecular formula is C15H20N2O2. The summed E-state index contributed by atoms with van der Waals surface area (Å²) in [6.45, 7) is 0.938. The van der Waals surface area contributed by atoms with Gasteiger partial charge in [-0.25, -0.2) is 4.79 Å². The van der Waals surface area contributed by atoms with Crippen molar-refractivity contribution in [2.45, 2.75) is 31.3 Å². The predicted molar refractivity (Wildman–Crippen MR) is 73.1 cm³/mol. The van der Waals surface area contributed by atoms with Crippen molar-refractivity contribution in [3.8, 4) is 0 Å². The fraction of sp³-hybridized carbons (Fsp3) is 0.533. The van der Waals surface area contributed by atoms with E-state index in [2.05, 4.69) is 34.9 Å². The van der Waals surface area contributed by atoms with Crippen molar-refractivity contribution in [3.63, 3.8) is 0 Å². The molecule has 0 radical (unpaired) electrons. The van der Waals surface area contributed by atoms with Crippen LogP contribution >= 0.6 is 0 Å². The second-order valence-corrected chi connectivity index (χ2v) is 5.67. The van der Waals surface area contributed by atoms with E-state index < -0.39 is 6.09 Å². The average Bonchev–Trinajstić information content (AvgIpc) is 2.95. The van der Waals surface area contributed by atoms with E-state index in [4.69, 9.17) is 5.11 Å². The molecule has 0 bridgehead atoms. The van der Waals surface area contributed by atoms with Crippen molar-refractivity contribution in [2.75, 3.05) is 6.54 Å². The number of benzene rings is 1. The van der Waals surface area contributed by atoms with Crippen LogP contribution in [0.1, 0.15) is 18.4 Å². The quantitative estimate of drug-likeness (QED) is 0.777. The molecule has 1 aromatic carbocycles. The van der Waals surface area contributed by atoms with Crippen LogP contribution in [0, 0.1) is 11.8 Å². The van der Waals surface area contributed by atoms with E-state index in [1.165, 1.54) is 5.56 Å². The molecular weight excluding hydrogens is 240 g/mol. The molecule has 1 saturated heterocycles. The van der Waals surface area contributed by atoms with Crippen molar-refractivity contribution in [1.82, 2.24) is 10.6 Å². The van der Waals surface area contributed by atoms with Crippen molar-refractivity contribution in [3.05, 3.63) is 35.9 Å². The molecule has 1 aliphatic heterocycles. The molecule has 4 unspecified atom stereocenters. The Hall–Kier alpha value is -1.55. The summed E-state index contributed by atoms with van der Waals surface area (Å²) in [5, 5.41) is 15.1. The first kappa shape index (κ1) is 12.5. The largest absolute Gasteiger partial charge is 0.465 e. The average molecular weight is 260 g/mol. The van der Waals surface area contributed by atoms with Crippen LogP contribution in [0.3, 0.4) is 0 Å². The minimum atomic E-state index is -0.892. The van der Waals surface area contributed by atoms with Gasteiger partial charge in [-0.2, -0.15) is 0 Å². The molecule has 4 nitrogen and oxygen atoms in total. The SMILES string of the molecule is O=C(O)NC1CCC2C(Cc3ccccc3)NCC12. The predicted octanol–water partition coefficient (Wildman–Crippen LogP) is 1.86. The molecule has 1 heterocycles. The summed E-state index contributed by atoms with van der Waals surface area (Å²) >= 11 is 0. The standard InChI is InChI=1S/C15H20N2O2/c18-15(19)17-13-7-6-11-12(13)9-16-14(11)8-10-4-2-1-3-5-10/h1-5,11-14,16-17H,6-9H2,(H,18,19). The fourth-order valence-electron chi connectivity index (χ4n) is 3.76. The van der Waals surface area contributed by atoms with E-state index in [0.717, 1.165) is 25.8 Å². The van der Waals surface area contributed by atoms with E-state index >= 15 is 0 Å². The molecule has 3 rings (SSSR count). The summed E-state index contributed by atoms with van der Waals surface area (Å²) in [6, 6.07) is 11.1. The number of hydrogen-bond donors (Lipinski definition) is 3. The van der Waals surface area contributed by atoms with E-state index in [1.54, 1.807) is 0 Å². The zero-order chi connectivity index (χ0) is 13.2. The van der Waals surface area contributed by atoms with E-state index in [0.29, 0.717) is 17.9 Å². The number of rotatable bonds is 3. The lowest BCUT2D eigenvalue weighted by molar-refractivity contribution is 0.186. The van der Waals surface area contributed by atoms with Gasteiger partial charge >= 0.3 is 6.09 Å². The smallest absolute Gasteiger partial charge is 0.404 e. The Morgan fingerprint density at radius 2 is 2.05 bits per heavy atom. The van der Waals surface area contributed by atoms with E-state index in [9.17, 15) is 4.79 Å². The first-order valence-electron chi connectivity index (χ1n) is 7.01. The van der Waals surface area contributed by atoms with Crippen molar-refractivity contribution in [2.24, 2.45) is 11.8 Å². The van der Waals surface area contributed by atoms with Crippen LogP contribution in [0.4, 0.5) is 4.79 Å². The topological polar surface area (TPSA) is 61.4 Å². The summed E-state index contributed by atoms with van der Waals surface area (Å²) in [7, 11) is 0. The van der Waals surface area contributed by atoms with Crippen LogP contribution in [-0.4, -0.2) is 29.8 Å². The van der Waals surface area contributed by atoms with Gasteiger partial charge in [0.1, 0.15) is 0 Å². The van der Waals surface area contributed by atoms with Crippen LogP contribution in [0.25, 0.3) is 0 Å². The number of carbonyl (C=O) groups is 1. The molecule has 1 aliphatic carbocycles. The Morgan fingerprint density at radius 3 is 2.79 bits per heavy atom. The van der Waals surface area contributed by atoms with Gasteiger partial charge < -0.3 is 15.7 Å². The maximum Gasteiger partial charge on any atom is 0.404 e. The van der Waals surface area contributed by atoms with Crippen molar-refractivity contribution < 1.29 is 9.90 Å². The Kier molecular flexibility index (Phi) is 3.42. The van der Waals surface area contributed by atoms with Crippen LogP contribution in [0.2, 0.25) is 0 Å². The summed E-state index contributed by atoms with van der Waals surface area (Å²) in [5.74, 6) is 1.07. The van der Waals surface area contributed by atoms with Crippen LogP contribution in [0.15, 0.2) is 30.3 Å². The molecule has 0 spiro atoms. The number of amides is 1. The molecule has 1 amide bonds. The van der Waals surface area contributed by atoms with Gasteiger partial charge in [0.15, 0.2) is 0 Å². The lowest BCUT2D eigenvalue weighted by Gasteiger charge is -2.19. The third kappa shape index (κ3) is 2.59. The Labute approximate surface area is 113 Å². The molecule has 0 aromatic heterocycles. The minimum absolute atomic E-state index is 0.135. The Bertz CT molecular complexity index is 449. The van der Waals surface area contributed by atoms with Gasteiger partial charge in [-0.15, -0.1) is 0 Å². The normalized spacial score (nSPS) is 33.1. The second-order valence-electron chi connectivity index (χ2n) is 5.67.